The molecule has 2 N–H and O–H groups in total. The maximum atomic E-state index is 13.3. The molecular formula is C24H28N4O6S2. The Morgan fingerprint density at radius 1 is 0.667 bits per heavy atom. The van der Waals surface area contributed by atoms with Crippen LogP contribution >= 0.6 is 0 Å². The molecule has 2 heterocycles. The molecule has 2 aliphatic heterocycles. The van der Waals surface area contributed by atoms with Crippen LogP contribution in [0, 0.1) is 4.91 Å². The minimum absolute atomic E-state index is 0.0159. The molecule has 2 saturated heterocycles. The van der Waals surface area contributed by atoms with Crippen LogP contribution in [0.4, 0.5) is 11.4 Å². The lowest BCUT2D eigenvalue weighted by Gasteiger charge is -2.26. The van der Waals surface area contributed by atoms with Gasteiger partial charge >= 0.3 is 0 Å². The van der Waals surface area contributed by atoms with Gasteiger partial charge in [0.25, 0.3) is 0 Å². The number of nitrogens with zero attached hydrogens (tertiary/aromatic N) is 3. The summed E-state index contributed by atoms with van der Waals surface area (Å²) < 4.78 is 56.0. The first-order chi connectivity index (χ1) is 17.3. The molecule has 3 aromatic rings. The van der Waals surface area contributed by atoms with Crippen molar-refractivity contribution in [2.45, 2.75) is 48.3 Å². The monoisotopic (exact) mass is 532 g/mol. The number of hydrogen-bond donors (Lipinski definition) is 2. The molecule has 0 spiro atoms. The van der Waals surface area contributed by atoms with E-state index in [0.717, 1.165) is 38.5 Å². The van der Waals surface area contributed by atoms with E-state index in [1.807, 2.05) is 0 Å². The van der Waals surface area contributed by atoms with Crippen molar-refractivity contribution in [3.05, 3.63) is 41.3 Å². The number of fused-ring (bicyclic) bond motifs is 2. The first kappa shape index (κ1) is 25.0. The Balaban J connectivity index is 1.71. The Hall–Kier alpha value is -2.64. The second-order valence-corrected chi connectivity index (χ2v) is 13.1. The maximum Gasteiger partial charge on any atom is 0.243 e. The van der Waals surface area contributed by atoms with Gasteiger partial charge in [-0.05, 0) is 55.1 Å². The molecule has 0 bridgehead atoms. The zero-order valence-electron chi connectivity index (χ0n) is 19.7. The number of piperidine rings is 2. The molecule has 36 heavy (non-hydrogen) atoms. The lowest BCUT2D eigenvalue weighted by Crippen LogP contribution is -2.35. The molecule has 5 rings (SSSR count). The molecule has 3 aromatic carbocycles. The predicted molar refractivity (Wildman–Crippen MR) is 138 cm³/mol. The lowest BCUT2D eigenvalue weighted by molar-refractivity contribution is 0.346. The molecule has 10 nitrogen and oxygen atoms in total. The fourth-order valence-electron chi connectivity index (χ4n) is 5.21. The molecule has 2 fully saturated rings. The Morgan fingerprint density at radius 3 is 1.44 bits per heavy atom. The lowest BCUT2D eigenvalue weighted by atomic mass is 9.99. The number of sulfonamides is 2. The summed E-state index contributed by atoms with van der Waals surface area (Å²) in [5, 5.41) is 14.3. The molecule has 12 heteroatoms. The quantitative estimate of drug-likeness (QED) is 0.270. The van der Waals surface area contributed by atoms with Gasteiger partial charge in [0.2, 0.25) is 20.0 Å². The zero-order valence-corrected chi connectivity index (χ0v) is 21.3. The van der Waals surface area contributed by atoms with Crippen molar-refractivity contribution in [2.75, 3.05) is 31.7 Å². The van der Waals surface area contributed by atoms with E-state index in [-0.39, 0.29) is 31.9 Å². The topological polar surface area (TPSA) is 136 Å². The van der Waals surface area contributed by atoms with Gasteiger partial charge in [0.1, 0.15) is 5.69 Å². The van der Waals surface area contributed by atoms with E-state index >= 15 is 0 Å². The highest BCUT2D eigenvalue weighted by molar-refractivity contribution is 7.89. The number of rotatable bonds is 6. The number of nitroso groups, excluding NO2 is 1. The van der Waals surface area contributed by atoms with Crippen molar-refractivity contribution in [1.82, 2.24) is 8.61 Å². The van der Waals surface area contributed by atoms with Crippen LogP contribution < -0.4 is 5.48 Å². The largest absolute Gasteiger partial charge is 0.291 e. The third-order valence-electron chi connectivity index (χ3n) is 7.14. The molecule has 0 radical (unpaired) electrons. The van der Waals surface area contributed by atoms with Crippen LogP contribution in [-0.4, -0.2) is 56.8 Å². The van der Waals surface area contributed by atoms with Crippen LogP contribution in [0.2, 0.25) is 0 Å². The second-order valence-electron chi connectivity index (χ2n) is 9.27. The maximum absolute atomic E-state index is 13.3. The molecule has 0 unspecified atom stereocenters. The summed E-state index contributed by atoms with van der Waals surface area (Å²) in [6.07, 6.45) is 5.08. The number of benzene rings is 3. The third kappa shape index (κ3) is 4.16. The van der Waals surface area contributed by atoms with Gasteiger partial charge in [0.15, 0.2) is 0 Å². The molecule has 0 aliphatic carbocycles. The first-order valence-corrected chi connectivity index (χ1v) is 14.9. The standard InChI is InChI=1S/C24H28N4O6S2/c29-25-23-19-9-7-17(35(31,32)27-11-3-1-4-12-27)15-21(19)24(26-30)22-16-18(8-10-20(22)23)36(33,34)28-13-5-2-6-14-28/h7-10,15-16,25,29H,1-6,11-14H2. The van der Waals surface area contributed by atoms with Crippen LogP contribution in [0.3, 0.4) is 0 Å². The number of nitrogens with one attached hydrogen (secondary N) is 1. The molecule has 0 saturated carbocycles. The van der Waals surface area contributed by atoms with Crippen molar-refractivity contribution in [2.24, 2.45) is 5.18 Å². The van der Waals surface area contributed by atoms with Gasteiger partial charge < -0.3 is 0 Å². The van der Waals surface area contributed by atoms with Crippen LogP contribution in [0.1, 0.15) is 38.5 Å². The van der Waals surface area contributed by atoms with E-state index in [0.29, 0.717) is 37.0 Å². The number of hydrogen-bond acceptors (Lipinski definition) is 8. The Morgan fingerprint density at radius 2 is 1.08 bits per heavy atom. The van der Waals surface area contributed by atoms with Gasteiger partial charge in [-0.15, -0.1) is 4.91 Å². The molecule has 0 atom stereocenters. The van der Waals surface area contributed by atoms with Gasteiger partial charge in [0, 0.05) is 47.7 Å². The summed E-state index contributed by atoms with van der Waals surface area (Å²) in [5.41, 5.74) is 2.30. The summed E-state index contributed by atoms with van der Waals surface area (Å²) in [4.78, 5) is 12.1. The molecule has 192 valence electrons. The highest BCUT2D eigenvalue weighted by Crippen LogP contribution is 2.43. The summed E-state index contributed by atoms with van der Waals surface area (Å²) in [6.45, 7) is 1.71. The Kier molecular flexibility index (Phi) is 6.72. The Labute approximate surface area is 209 Å². The molecular weight excluding hydrogens is 504 g/mol. The van der Waals surface area contributed by atoms with Crippen LogP contribution in [-0.2, 0) is 20.0 Å². The summed E-state index contributed by atoms with van der Waals surface area (Å²) in [7, 11) is -7.59. The smallest absolute Gasteiger partial charge is 0.243 e. The van der Waals surface area contributed by atoms with E-state index in [9.17, 15) is 26.9 Å². The van der Waals surface area contributed by atoms with Gasteiger partial charge in [-0.25, -0.2) is 16.8 Å². The van der Waals surface area contributed by atoms with E-state index < -0.39 is 20.0 Å². The van der Waals surface area contributed by atoms with Crippen molar-refractivity contribution < 1.29 is 22.0 Å². The van der Waals surface area contributed by atoms with Crippen molar-refractivity contribution >= 4 is 53.0 Å². The Bertz CT molecular complexity index is 1440. The zero-order chi connectivity index (χ0) is 25.5. The summed E-state index contributed by atoms with van der Waals surface area (Å²) in [6, 6.07) is 8.70. The van der Waals surface area contributed by atoms with Crippen molar-refractivity contribution in [1.29, 1.82) is 0 Å². The number of anilines is 1. The van der Waals surface area contributed by atoms with Gasteiger partial charge in [-0.2, -0.15) is 8.61 Å². The van der Waals surface area contributed by atoms with E-state index in [1.54, 1.807) is 0 Å². The van der Waals surface area contributed by atoms with Crippen LogP contribution in [0.15, 0.2) is 51.4 Å². The third-order valence-corrected chi connectivity index (χ3v) is 10.9. The fourth-order valence-corrected chi connectivity index (χ4v) is 8.30. The van der Waals surface area contributed by atoms with Crippen LogP contribution in [0.25, 0.3) is 21.5 Å². The minimum Gasteiger partial charge on any atom is -0.291 e. The van der Waals surface area contributed by atoms with Crippen LogP contribution in [0.5, 0.6) is 0 Å². The average Bonchev–Trinajstić information content (AvgIpc) is 2.92. The minimum atomic E-state index is -3.79. The molecule has 0 aromatic heterocycles. The van der Waals surface area contributed by atoms with E-state index in [2.05, 4.69) is 10.7 Å². The molecule has 2 aliphatic rings. The van der Waals surface area contributed by atoms with Crippen molar-refractivity contribution in [3.63, 3.8) is 0 Å². The van der Waals surface area contributed by atoms with Crippen molar-refractivity contribution in [3.8, 4) is 0 Å². The first-order valence-electron chi connectivity index (χ1n) is 12.1. The van der Waals surface area contributed by atoms with E-state index in [1.165, 1.54) is 45.0 Å². The SMILES string of the molecule is O=Nc1c2cc(S(=O)(=O)N3CCCCC3)ccc2c(NO)c2ccc(S(=O)(=O)N3CCCCC3)cc12. The van der Waals surface area contributed by atoms with Gasteiger partial charge in [-0.1, -0.05) is 25.0 Å². The highest BCUT2D eigenvalue weighted by Gasteiger charge is 2.29. The summed E-state index contributed by atoms with van der Waals surface area (Å²) in [5.74, 6) is 0. The molecule has 0 amide bonds. The summed E-state index contributed by atoms with van der Waals surface area (Å²) >= 11 is 0. The normalized spacial score (nSPS) is 18.5. The predicted octanol–water partition coefficient (Wildman–Crippen LogP) is 4.54. The fraction of sp³-hybridized carbons (Fsp3) is 0.417. The second kappa shape index (κ2) is 9.67. The van der Waals surface area contributed by atoms with Gasteiger partial charge in [0.05, 0.1) is 15.5 Å². The average molecular weight is 533 g/mol. The van der Waals surface area contributed by atoms with E-state index in [4.69, 9.17) is 0 Å². The highest BCUT2D eigenvalue weighted by atomic mass is 32.2. The van der Waals surface area contributed by atoms with Gasteiger partial charge in [-0.3, -0.25) is 10.7 Å².